The van der Waals surface area contributed by atoms with E-state index >= 15 is 0 Å². The van der Waals surface area contributed by atoms with Crippen LogP contribution in [0.25, 0.3) is 0 Å². The Hall–Kier alpha value is 0.270. The van der Waals surface area contributed by atoms with Crippen LogP contribution < -0.4 is 0 Å². The second kappa shape index (κ2) is 8.94. The lowest BCUT2D eigenvalue weighted by atomic mass is 10.1. The minimum Gasteiger partial charge on any atom is -0.301 e. The van der Waals surface area contributed by atoms with E-state index in [1.807, 2.05) is 0 Å². The second-order valence-corrected chi connectivity index (χ2v) is 12.3. The minimum absolute atomic E-state index is 0.325. The maximum atomic E-state index is 2.80. The van der Waals surface area contributed by atoms with Crippen LogP contribution in [0.4, 0.5) is 0 Å². The maximum absolute atomic E-state index is 2.80. The van der Waals surface area contributed by atoms with E-state index in [0.717, 1.165) is 12.1 Å². The van der Waals surface area contributed by atoms with Crippen molar-refractivity contribution in [3.8, 4) is 0 Å². The third-order valence-electron chi connectivity index (χ3n) is 6.02. The van der Waals surface area contributed by atoms with Crippen LogP contribution in [0.2, 0.25) is 0 Å². The third-order valence-corrected chi connectivity index (χ3v) is 9.57. The first-order chi connectivity index (χ1) is 10.5. The molecule has 1 atom stereocenters. The number of hydrogen-bond acceptors (Lipinski definition) is 2. The van der Waals surface area contributed by atoms with Gasteiger partial charge in [-0.2, -0.15) is 0 Å². The summed E-state index contributed by atoms with van der Waals surface area (Å²) < 4.78 is 0. The molecule has 0 aromatic carbocycles. The van der Waals surface area contributed by atoms with Gasteiger partial charge in [0.15, 0.2) is 0 Å². The lowest BCUT2D eigenvalue weighted by Crippen LogP contribution is -2.43. The molecule has 2 aliphatic rings. The zero-order valence-electron chi connectivity index (χ0n) is 15.6. The molecule has 2 fully saturated rings. The molecule has 2 aliphatic heterocycles. The summed E-state index contributed by atoms with van der Waals surface area (Å²) in [4.78, 5) is 5.47. The van der Waals surface area contributed by atoms with E-state index in [2.05, 4.69) is 36.8 Å². The molecule has 132 valence electrons. The Morgan fingerprint density at radius 3 is 1.86 bits per heavy atom. The molecule has 0 aromatic heterocycles. The topological polar surface area (TPSA) is 6.48 Å². The number of likely N-dealkylation sites (tertiary alicyclic amines) is 1. The van der Waals surface area contributed by atoms with Gasteiger partial charge in [0.2, 0.25) is 0 Å². The lowest BCUT2D eigenvalue weighted by Gasteiger charge is -2.46. The first-order valence-electron chi connectivity index (χ1n) is 9.70. The molecule has 0 aliphatic carbocycles. The van der Waals surface area contributed by atoms with Crippen molar-refractivity contribution in [2.24, 2.45) is 0 Å². The first-order valence-corrected chi connectivity index (χ1v) is 12.2. The molecule has 0 bridgehead atoms. The summed E-state index contributed by atoms with van der Waals surface area (Å²) in [5, 5.41) is 0. The van der Waals surface area contributed by atoms with Gasteiger partial charge in [-0.25, -0.2) is 10.0 Å². The summed E-state index contributed by atoms with van der Waals surface area (Å²) in [5.41, 5.74) is 0. The van der Waals surface area contributed by atoms with Crippen molar-refractivity contribution in [1.82, 2.24) is 9.80 Å². The van der Waals surface area contributed by atoms with E-state index in [1.54, 1.807) is 0 Å². The summed E-state index contributed by atoms with van der Waals surface area (Å²) in [6, 6.07) is 1.55. The molecule has 0 aromatic rings. The SMILES string of the molecule is CC(C)N1CCS(C)(CCC(C)N2CCCCCCC2)CC1. The van der Waals surface area contributed by atoms with Crippen LogP contribution in [-0.4, -0.2) is 71.6 Å². The van der Waals surface area contributed by atoms with Gasteiger partial charge in [-0.1, -0.05) is 19.3 Å². The predicted octanol–water partition coefficient (Wildman–Crippen LogP) is 4.19. The molecule has 0 spiro atoms. The van der Waals surface area contributed by atoms with Crippen molar-refractivity contribution in [3.05, 3.63) is 0 Å². The van der Waals surface area contributed by atoms with Crippen LogP contribution in [-0.2, 0) is 0 Å². The summed E-state index contributed by atoms with van der Waals surface area (Å²) in [7, 11) is -0.325. The van der Waals surface area contributed by atoms with Crippen molar-refractivity contribution in [1.29, 1.82) is 0 Å². The molecule has 3 heteroatoms. The van der Waals surface area contributed by atoms with Gasteiger partial charge in [-0.05, 0) is 76.6 Å². The van der Waals surface area contributed by atoms with Crippen LogP contribution in [0.5, 0.6) is 0 Å². The standard InChI is InChI=1S/C19H40N2S/c1-18(2)20-13-16-22(4,17-14-20)15-10-19(3)21-11-8-6-5-7-9-12-21/h18-19H,5-17H2,1-4H3. The van der Waals surface area contributed by atoms with Crippen LogP contribution in [0, 0.1) is 0 Å². The maximum Gasteiger partial charge on any atom is 0.00742 e. The smallest absolute Gasteiger partial charge is 0.00742 e. The fourth-order valence-corrected chi connectivity index (χ4v) is 6.83. The van der Waals surface area contributed by atoms with Crippen LogP contribution >= 0.6 is 10.0 Å². The monoisotopic (exact) mass is 328 g/mol. The van der Waals surface area contributed by atoms with Crippen molar-refractivity contribution in [2.75, 3.05) is 49.7 Å². The van der Waals surface area contributed by atoms with Crippen molar-refractivity contribution in [2.45, 2.75) is 71.4 Å². The minimum atomic E-state index is -0.325. The van der Waals surface area contributed by atoms with Crippen molar-refractivity contribution in [3.63, 3.8) is 0 Å². The number of hydrogen-bond donors (Lipinski definition) is 0. The summed E-state index contributed by atoms with van der Waals surface area (Å²) in [5.74, 6) is 4.48. The quantitative estimate of drug-likeness (QED) is 0.746. The van der Waals surface area contributed by atoms with Gasteiger partial charge < -0.3 is 4.90 Å². The van der Waals surface area contributed by atoms with Gasteiger partial charge in [-0.3, -0.25) is 4.90 Å². The summed E-state index contributed by atoms with van der Waals surface area (Å²) in [6.07, 6.45) is 11.3. The highest BCUT2D eigenvalue weighted by Crippen LogP contribution is 2.47. The Bertz CT molecular complexity index is 303. The van der Waals surface area contributed by atoms with Crippen LogP contribution in [0.15, 0.2) is 0 Å². The molecule has 22 heavy (non-hydrogen) atoms. The lowest BCUT2D eigenvalue weighted by molar-refractivity contribution is 0.187. The van der Waals surface area contributed by atoms with Gasteiger partial charge in [0.05, 0.1) is 0 Å². The fraction of sp³-hybridized carbons (Fsp3) is 1.00. The van der Waals surface area contributed by atoms with E-state index in [9.17, 15) is 0 Å². The van der Waals surface area contributed by atoms with Crippen molar-refractivity contribution >= 4 is 10.0 Å². The summed E-state index contributed by atoms with van der Waals surface area (Å²) >= 11 is 0. The summed E-state index contributed by atoms with van der Waals surface area (Å²) in [6.45, 7) is 12.6. The van der Waals surface area contributed by atoms with Gasteiger partial charge >= 0.3 is 0 Å². The van der Waals surface area contributed by atoms with Crippen LogP contribution in [0.1, 0.15) is 59.3 Å². The zero-order valence-corrected chi connectivity index (χ0v) is 16.5. The molecular weight excluding hydrogens is 288 g/mol. The van der Waals surface area contributed by atoms with Crippen LogP contribution in [0.3, 0.4) is 0 Å². The Morgan fingerprint density at radius 2 is 1.32 bits per heavy atom. The molecule has 1 unspecified atom stereocenters. The molecular formula is C19H40N2S. The van der Waals surface area contributed by atoms with E-state index < -0.39 is 0 Å². The van der Waals surface area contributed by atoms with Gasteiger partial charge in [0, 0.05) is 25.2 Å². The van der Waals surface area contributed by atoms with E-state index in [1.165, 1.54) is 82.0 Å². The molecule has 0 amide bonds. The first kappa shape index (κ1) is 18.6. The largest absolute Gasteiger partial charge is 0.301 e. The van der Waals surface area contributed by atoms with Gasteiger partial charge in [0.25, 0.3) is 0 Å². The highest BCUT2D eigenvalue weighted by Gasteiger charge is 2.27. The van der Waals surface area contributed by atoms with Gasteiger partial charge in [0.1, 0.15) is 0 Å². The molecule has 0 radical (unpaired) electrons. The molecule has 2 saturated heterocycles. The number of nitrogens with zero attached hydrogens (tertiary/aromatic N) is 2. The van der Waals surface area contributed by atoms with Gasteiger partial charge in [-0.15, -0.1) is 0 Å². The molecule has 0 saturated carbocycles. The van der Waals surface area contributed by atoms with E-state index in [-0.39, 0.29) is 10.0 Å². The Kier molecular flexibility index (Phi) is 7.56. The zero-order chi connectivity index (χ0) is 16.0. The number of rotatable bonds is 5. The van der Waals surface area contributed by atoms with Crippen molar-refractivity contribution < 1.29 is 0 Å². The fourth-order valence-electron chi connectivity index (χ4n) is 3.96. The normalized spacial score (nSPS) is 28.0. The highest BCUT2D eigenvalue weighted by atomic mass is 32.3. The Morgan fingerprint density at radius 1 is 0.773 bits per heavy atom. The second-order valence-electron chi connectivity index (χ2n) is 8.16. The Labute approximate surface area is 141 Å². The molecule has 0 N–H and O–H groups in total. The predicted molar refractivity (Wildman–Crippen MR) is 104 cm³/mol. The average molecular weight is 329 g/mol. The highest BCUT2D eigenvalue weighted by molar-refractivity contribution is 8.33. The molecule has 2 rings (SSSR count). The Balaban J connectivity index is 1.74. The van der Waals surface area contributed by atoms with E-state index in [0.29, 0.717) is 0 Å². The molecule has 2 heterocycles. The third kappa shape index (κ3) is 5.72. The van der Waals surface area contributed by atoms with E-state index in [4.69, 9.17) is 0 Å². The molecule has 2 nitrogen and oxygen atoms in total. The average Bonchev–Trinajstić information content (AvgIpc) is 2.45.